The fraction of sp³-hybridized carbons (Fsp3) is 0.529. The third kappa shape index (κ3) is 7.93. The molecule has 0 aromatic heterocycles. The minimum absolute atomic E-state index is 0.0123. The Morgan fingerprint density at radius 2 is 1.81 bits per heavy atom. The van der Waals surface area contributed by atoms with E-state index in [-0.39, 0.29) is 5.56 Å². The highest BCUT2D eigenvalue weighted by atomic mass is 19.3. The number of rotatable bonds is 12. The summed E-state index contributed by atoms with van der Waals surface area (Å²) in [5, 5.41) is 3.23. The molecular weight excluding hydrogens is 272 g/mol. The zero-order chi connectivity index (χ0) is 15.4. The van der Waals surface area contributed by atoms with Crippen molar-refractivity contribution in [1.29, 1.82) is 0 Å². The molecule has 0 saturated heterocycles. The molecule has 118 valence electrons. The molecule has 21 heavy (non-hydrogen) atoms. The summed E-state index contributed by atoms with van der Waals surface area (Å²) in [6.45, 7) is 5.28. The molecule has 0 atom stereocenters. The SMILES string of the molecule is C=CCNCCCCCCOCC(F)(F)c1ccccc1. The van der Waals surface area contributed by atoms with E-state index in [0.717, 1.165) is 38.8 Å². The quantitative estimate of drug-likeness (QED) is 0.462. The van der Waals surface area contributed by atoms with Gasteiger partial charge in [-0.15, -0.1) is 6.58 Å². The Morgan fingerprint density at radius 1 is 1.10 bits per heavy atom. The first-order chi connectivity index (χ1) is 10.2. The molecule has 1 rings (SSSR count). The predicted octanol–water partition coefficient (Wildman–Crippen LogP) is 4.13. The molecule has 0 aliphatic heterocycles. The fourth-order valence-corrected chi connectivity index (χ4v) is 1.98. The number of halogens is 2. The van der Waals surface area contributed by atoms with Gasteiger partial charge in [-0.05, 0) is 19.4 Å². The fourth-order valence-electron chi connectivity index (χ4n) is 1.98. The van der Waals surface area contributed by atoms with Crippen LogP contribution in [0.5, 0.6) is 0 Å². The maximum absolute atomic E-state index is 13.8. The molecule has 0 amide bonds. The lowest BCUT2D eigenvalue weighted by molar-refractivity contribution is -0.0831. The van der Waals surface area contributed by atoms with Gasteiger partial charge in [0.15, 0.2) is 0 Å². The van der Waals surface area contributed by atoms with Gasteiger partial charge in [0.05, 0.1) is 0 Å². The van der Waals surface area contributed by atoms with Crippen molar-refractivity contribution >= 4 is 0 Å². The highest BCUT2D eigenvalue weighted by molar-refractivity contribution is 5.19. The zero-order valence-corrected chi connectivity index (χ0v) is 12.5. The van der Waals surface area contributed by atoms with Crippen LogP contribution in [0, 0.1) is 0 Å². The Bertz CT molecular complexity index is 382. The van der Waals surface area contributed by atoms with Crippen LogP contribution in [-0.2, 0) is 10.7 Å². The van der Waals surface area contributed by atoms with Gasteiger partial charge in [-0.2, -0.15) is 8.78 Å². The molecule has 0 radical (unpaired) electrons. The molecule has 0 saturated carbocycles. The molecule has 2 nitrogen and oxygen atoms in total. The lowest BCUT2D eigenvalue weighted by Crippen LogP contribution is -2.21. The van der Waals surface area contributed by atoms with Crippen molar-refractivity contribution in [2.45, 2.75) is 31.6 Å². The maximum Gasteiger partial charge on any atom is 0.296 e. The number of ether oxygens (including phenoxy) is 1. The maximum atomic E-state index is 13.8. The van der Waals surface area contributed by atoms with Crippen molar-refractivity contribution in [1.82, 2.24) is 5.32 Å². The van der Waals surface area contributed by atoms with Crippen LogP contribution in [0.25, 0.3) is 0 Å². The second kappa shape index (κ2) is 10.5. The zero-order valence-electron chi connectivity index (χ0n) is 12.5. The summed E-state index contributed by atoms with van der Waals surface area (Å²) >= 11 is 0. The van der Waals surface area contributed by atoms with E-state index in [0.29, 0.717) is 6.61 Å². The van der Waals surface area contributed by atoms with Crippen molar-refractivity contribution in [3.63, 3.8) is 0 Å². The Labute approximate surface area is 126 Å². The summed E-state index contributed by atoms with van der Waals surface area (Å²) < 4.78 is 32.6. The van der Waals surface area contributed by atoms with Gasteiger partial charge >= 0.3 is 0 Å². The minimum atomic E-state index is -2.91. The summed E-state index contributed by atoms with van der Waals surface area (Å²) in [6, 6.07) is 7.82. The number of hydrogen-bond acceptors (Lipinski definition) is 2. The van der Waals surface area contributed by atoms with Crippen molar-refractivity contribution < 1.29 is 13.5 Å². The van der Waals surface area contributed by atoms with Gasteiger partial charge in [0.2, 0.25) is 0 Å². The molecule has 4 heteroatoms. The first-order valence-electron chi connectivity index (χ1n) is 7.49. The largest absolute Gasteiger partial charge is 0.375 e. The predicted molar refractivity (Wildman–Crippen MR) is 82.7 cm³/mol. The average Bonchev–Trinajstić information content (AvgIpc) is 2.50. The lowest BCUT2D eigenvalue weighted by atomic mass is 10.1. The number of hydrogen-bond donors (Lipinski definition) is 1. The second-order valence-electron chi connectivity index (χ2n) is 5.03. The molecule has 1 N–H and O–H groups in total. The molecule has 0 fully saturated rings. The van der Waals surface area contributed by atoms with Crippen LogP contribution in [0.2, 0.25) is 0 Å². The van der Waals surface area contributed by atoms with Crippen LogP contribution >= 0.6 is 0 Å². The van der Waals surface area contributed by atoms with Crippen LogP contribution in [0.15, 0.2) is 43.0 Å². The summed E-state index contributed by atoms with van der Waals surface area (Å²) in [7, 11) is 0. The molecule has 0 aliphatic carbocycles. The smallest absolute Gasteiger partial charge is 0.296 e. The third-order valence-corrected chi connectivity index (χ3v) is 3.16. The van der Waals surface area contributed by atoms with E-state index in [4.69, 9.17) is 4.74 Å². The van der Waals surface area contributed by atoms with Crippen LogP contribution in [0.4, 0.5) is 8.78 Å². The van der Waals surface area contributed by atoms with Crippen LogP contribution in [-0.4, -0.2) is 26.3 Å². The first-order valence-corrected chi connectivity index (χ1v) is 7.49. The Morgan fingerprint density at radius 3 is 2.52 bits per heavy atom. The highest BCUT2D eigenvalue weighted by Crippen LogP contribution is 2.27. The molecule has 0 bridgehead atoms. The van der Waals surface area contributed by atoms with E-state index >= 15 is 0 Å². The van der Waals surface area contributed by atoms with Crippen molar-refractivity contribution in [3.8, 4) is 0 Å². The summed E-state index contributed by atoms with van der Waals surface area (Å²) in [5.74, 6) is -2.91. The van der Waals surface area contributed by atoms with Gasteiger partial charge in [0, 0.05) is 18.7 Å². The third-order valence-electron chi connectivity index (χ3n) is 3.16. The van der Waals surface area contributed by atoms with Crippen LogP contribution in [0.3, 0.4) is 0 Å². The number of unbranched alkanes of at least 4 members (excludes halogenated alkanes) is 3. The van der Waals surface area contributed by atoms with Gasteiger partial charge in [-0.3, -0.25) is 0 Å². The number of alkyl halides is 2. The normalized spacial score (nSPS) is 11.5. The Balaban J connectivity index is 2.02. The van der Waals surface area contributed by atoms with Crippen LogP contribution in [0.1, 0.15) is 31.2 Å². The molecule has 0 heterocycles. The van der Waals surface area contributed by atoms with E-state index in [1.165, 1.54) is 12.1 Å². The molecular formula is C17H25F2NO. The van der Waals surface area contributed by atoms with Gasteiger partial charge in [0.1, 0.15) is 6.61 Å². The second-order valence-corrected chi connectivity index (χ2v) is 5.03. The van der Waals surface area contributed by atoms with E-state index < -0.39 is 12.5 Å². The van der Waals surface area contributed by atoms with E-state index in [2.05, 4.69) is 11.9 Å². The molecule has 0 spiro atoms. The molecule has 1 aromatic carbocycles. The van der Waals surface area contributed by atoms with E-state index in [1.807, 2.05) is 6.08 Å². The first kappa shape index (κ1) is 17.8. The van der Waals surface area contributed by atoms with Gasteiger partial charge in [0.25, 0.3) is 5.92 Å². The van der Waals surface area contributed by atoms with Crippen molar-refractivity contribution in [3.05, 3.63) is 48.6 Å². The summed E-state index contributed by atoms with van der Waals surface area (Å²) in [4.78, 5) is 0. The van der Waals surface area contributed by atoms with Crippen molar-refractivity contribution in [2.75, 3.05) is 26.3 Å². The minimum Gasteiger partial charge on any atom is -0.375 e. The summed E-state index contributed by atoms with van der Waals surface area (Å²) in [5.41, 5.74) is 0.0123. The van der Waals surface area contributed by atoms with Gasteiger partial charge in [-0.1, -0.05) is 49.2 Å². The number of nitrogens with one attached hydrogen (secondary N) is 1. The van der Waals surface area contributed by atoms with E-state index in [9.17, 15) is 8.78 Å². The standard InChI is InChI=1S/C17H25F2NO/c1-2-12-20-13-8-3-4-9-14-21-15-17(18,19)16-10-6-5-7-11-16/h2,5-7,10-11,20H,1,3-4,8-9,12-15H2. The topological polar surface area (TPSA) is 21.3 Å². The monoisotopic (exact) mass is 297 g/mol. The average molecular weight is 297 g/mol. The Hall–Kier alpha value is -1.26. The van der Waals surface area contributed by atoms with Crippen molar-refractivity contribution in [2.24, 2.45) is 0 Å². The highest BCUT2D eigenvalue weighted by Gasteiger charge is 2.31. The van der Waals surface area contributed by atoms with Gasteiger partial charge < -0.3 is 10.1 Å². The lowest BCUT2D eigenvalue weighted by Gasteiger charge is -2.16. The molecule has 1 aromatic rings. The summed E-state index contributed by atoms with van der Waals surface area (Å²) in [6.07, 6.45) is 5.84. The molecule has 0 unspecified atom stereocenters. The molecule has 0 aliphatic rings. The van der Waals surface area contributed by atoms with E-state index in [1.54, 1.807) is 18.2 Å². The number of benzene rings is 1. The van der Waals surface area contributed by atoms with Gasteiger partial charge in [-0.25, -0.2) is 0 Å². The van der Waals surface area contributed by atoms with Crippen LogP contribution < -0.4 is 5.32 Å². The Kier molecular flexibility index (Phi) is 8.87.